The van der Waals surface area contributed by atoms with E-state index in [1.54, 1.807) is 7.05 Å². The van der Waals surface area contributed by atoms with Gasteiger partial charge in [0.1, 0.15) is 5.82 Å². The quantitative estimate of drug-likeness (QED) is 0.880. The fourth-order valence-corrected chi connectivity index (χ4v) is 4.10. The van der Waals surface area contributed by atoms with Crippen molar-refractivity contribution in [2.24, 2.45) is 13.0 Å². The topological polar surface area (TPSA) is 92.8 Å². The highest BCUT2D eigenvalue weighted by atomic mass is 16.5. The average Bonchev–Trinajstić information content (AvgIpc) is 3.16. The van der Waals surface area contributed by atoms with Gasteiger partial charge in [-0.2, -0.15) is 10.1 Å². The van der Waals surface area contributed by atoms with Crippen LogP contribution in [0.25, 0.3) is 0 Å². The molecule has 8 heteroatoms. The molecule has 1 saturated carbocycles. The van der Waals surface area contributed by atoms with Gasteiger partial charge in [0.05, 0.1) is 12.0 Å². The fraction of sp³-hybridized carbons (Fsp3) is 0.714. The van der Waals surface area contributed by atoms with Crippen LogP contribution in [0.3, 0.4) is 0 Å². The van der Waals surface area contributed by atoms with Gasteiger partial charge in [-0.1, -0.05) is 11.6 Å². The van der Waals surface area contributed by atoms with Crippen molar-refractivity contribution in [1.29, 1.82) is 0 Å². The third-order valence-corrected chi connectivity index (χ3v) is 5.08. The smallest absolute Gasteiger partial charge is 0.339 e. The minimum atomic E-state index is -0.170. The summed E-state index contributed by atoms with van der Waals surface area (Å²) in [7, 11) is 1.66. The summed E-state index contributed by atoms with van der Waals surface area (Å²) in [5.41, 5.74) is -0.187. The molecule has 0 unspecified atom stereocenters. The number of hydrogen-bond donors (Lipinski definition) is 1. The molecule has 2 atom stereocenters. The van der Waals surface area contributed by atoms with Gasteiger partial charge in [0.15, 0.2) is 5.82 Å². The van der Waals surface area contributed by atoms with E-state index in [1.807, 2.05) is 6.92 Å². The second kappa shape index (κ2) is 4.77. The first-order valence-electron chi connectivity index (χ1n) is 7.72. The van der Waals surface area contributed by atoms with Gasteiger partial charge >= 0.3 is 5.69 Å². The second-order valence-electron chi connectivity index (χ2n) is 6.56. The normalized spacial score (nSPS) is 28.4. The Hall–Kier alpha value is -1.96. The Labute approximate surface area is 127 Å². The third-order valence-electron chi connectivity index (χ3n) is 5.08. The monoisotopic (exact) mass is 304 g/mol. The van der Waals surface area contributed by atoms with Crippen molar-refractivity contribution in [2.45, 2.75) is 38.1 Å². The van der Waals surface area contributed by atoms with Gasteiger partial charge in [-0.25, -0.2) is 9.48 Å². The van der Waals surface area contributed by atoms with Gasteiger partial charge in [0.2, 0.25) is 5.89 Å². The van der Waals surface area contributed by atoms with Crippen molar-refractivity contribution in [3.8, 4) is 0 Å². The van der Waals surface area contributed by atoms with Crippen LogP contribution in [0.5, 0.6) is 0 Å². The largest absolute Gasteiger partial charge is 0.343 e. The Kier molecular flexibility index (Phi) is 2.97. The first-order chi connectivity index (χ1) is 10.6. The molecule has 0 bridgehead atoms. The minimum absolute atomic E-state index is 0.0175. The van der Waals surface area contributed by atoms with Crippen LogP contribution in [0.4, 0.5) is 0 Å². The van der Waals surface area contributed by atoms with E-state index in [9.17, 15) is 4.79 Å². The summed E-state index contributed by atoms with van der Waals surface area (Å²) in [4.78, 5) is 21.1. The first-order valence-corrected chi connectivity index (χ1v) is 7.72. The van der Waals surface area contributed by atoms with E-state index in [-0.39, 0.29) is 11.1 Å². The molecule has 0 radical (unpaired) electrons. The molecule has 2 fully saturated rings. The highest BCUT2D eigenvalue weighted by molar-refractivity contribution is 5.17. The molecule has 0 amide bonds. The molecule has 1 N–H and O–H groups in total. The van der Waals surface area contributed by atoms with Gasteiger partial charge in [-0.3, -0.25) is 9.88 Å². The molecule has 0 spiro atoms. The summed E-state index contributed by atoms with van der Waals surface area (Å²) in [6.45, 7) is 4.39. The Morgan fingerprint density at radius 1 is 1.50 bits per heavy atom. The number of nitrogens with zero attached hydrogens (tertiary/aromatic N) is 5. The zero-order valence-corrected chi connectivity index (χ0v) is 12.9. The molecule has 1 aliphatic heterocycles. The summed E-state index contributed by atoms with van der Waals surface area (Å²) in [6, 6.07) is 0. The number of likely N-dealkylation sites (tertiary alicyclic amines) is 1. The van der Waals surface area contributed by atoms with Crippen LogP contribution in [-0.2, 0) is 19.0 Å². The number of aromatic amines is 1. The molecular weight excluding hydrogens is 284 g/mol. The maximum Gasteiger partial charge on any atom is 0.343 e. The Morgan fingerprint density at radius 3 is 3.05 bits per heavy atom. The number of aromatic nitrogens is 5. The lowest BCUT2D eigenvalue weighted by atomic mass is 9.80. The lowest BCUT2D eigenvalue weighted by molar-refractivity contribution is 0.242. The summed E-state index contributed by atoms with van der Waals surface area (Å²) in [5, 5.41) is 8.20. The Morgan fingerprint density at radius 2 is 2.36 bits per heavy atom. The first kappa shape index (κ1) is 13.7. The van der Waals surface area contributed by atoms with Gasteiger partial charge in [-0.15, -0.1) is 0 Å². The number of rotatable bonds is 3. The zero-order valence-electron chi connectivity index (χ0n) is 12.9. The summed E-state index contributed by atoms with van der Waals surface area (Å²) in [5.74, 6) is 2.74. The summed E-state index contributed by atoms with van der Waals surface area (Å²) >= 11 is 0. The molecule has 1 aliphatic carbocycles. The molecule has 2 aliphatic rings. The molecular formula is C14H20N6O2. The molecule has 2 aromatic heterocycles. The number of fused-ring (bicyclic) bond motifs is 1. The summed E-state index contributed by atoms with van der Waals surface area (Å²) in [6.07, 6.45) is 3.49. The van der Waals surface area contributed by atoms with Crippen LogP contribution in [0.1, 0.15) is 36.8 Å². The molecule has 1 saturated heterocycles. The van der Waals surface area contributed by atoms with Crippen molar-refractivity contribution in [2.75, 3.05) is 13.1 Å². The average molecular weight is 304 g/mol. The van der Waals surface area contributed by atoms with Crippen molar-refractivity contribution in [3.05, 3.63) is 28.0 Å². The third kappa shape index (κ3) is 2.01. The minimum Gasteiger partial charge on any atom is -0.339 e. The summed E-state index contributed by atoms with van der Waals surface area (Å²) < 4.78 is 6.85. The maximum atomic E-state index is 11.5. The predicted molar refractivity (Wildman–Crippen MR) is 77.2 cm³/mol. The van der Waals surface area contributed by atoms with Crippen LogP contribution in [0.2, 0.25) is 0 Å². The highest BCUT2D eigenvalue weighted by Crippen LogP contribution is 2.50. The number of H-pyrrole nitrogens is 1. The van der Waals surface area contributed by atoms with E-state index >= 15 is 0 Å². The van der Waals surface area contributed by atoms with Crippen molar-refractivity contribution < 1.29 is 4.52 Å². The lowest BCUT2D eigenvalue weighted by Crippen LogP contribution is -2.32. The van der Waals surface area contributed by atoms with Gasteiger partial charge < -0.3 is 4.52 Å². The van der Waals surface area contributed by atoms with E-state index in [2.05, 4.69) is 25.1 Å². The molecule has 22 heavy (non-hydrogen) atoms. The van der Waals surface area contributed by atoms with E-state index in [1.165, 1.54) is 17.5 Å². The van der Waals surface area contributed by atoms with Crippen molar-refractivity contribution in [1.82, 2.24) is 29.8 Å². The molecule has 118 valence electrons. The highest BCUT2D eigenvalue weighted by Gasteiger charge is 2.54. The van der Waals surface area contributed by atoms with Gasteiger partial charge in [0, 0.05) is 20.1 Å². The number of aryl methyl sites for hydroxylation is 2. The fourth-order valence-electron chi connectivity index (χ4n) is 4.10. The predicted octanol–water partition coefficient (Wildman–Crippen LogP) is 0.354. The number of nitrogens with one attached hydrogen (secondary N) is 1. The molecule has 8 nitrogen and oxygen atoms in total. The Balaban J connectivity index is 1.58. The molecule has 0 aromatic carbocycles. The van der Waals surface area contributed by atoms with E-state index in [0.29, 0.717) is 24.1 Å². The lowest BCUT2D eigenvalue weighted by Gasteiger charge is -2.24. The van der Waals surface area contributed by atoms with Gasteiger partial charge in [0.25, 0.3) is 0 Å². The van der Waals surface area contributed by atoms with Crippen LogP contribution >= 0.6 is 0 Å². The van der Waals surface area contributed by atoms with Crippen LogP contribution in [0, 0.1) is 12.8 Å². The van der Waals surface area contributed by atoms with Crippen LogP contribution in [0.15, 0.2) is 9.32 Å². The van der Waals surface area contributed by atoms with Crippen molar-refractivity contribution in [3.63, 3.8) is 0 Å². The van der Waals surface area contributed by atoms with E-state index in [0.717, 1.165) is 25.4 Å². The Bertz CT molecular complexity index is 747. The van der Waals surface area contributed by atoms with E-state index < -0.39 is 0 Å². The maximum absolute atomic E-state index is 11.5. The number of hydrogen-bond acceptors (Lipinski definition) is 6. The molecule has 4 rings (SSSR count). The van der Waals surface area contributed by atoms with Crippen LogP contribution < -0.4 is 5.69 Å². The molecule has 2 aromatic rings. The van der Waals surface area contributed by atoms with Crippen molar-refractivity contribution >= 4 is 0 Å². The van der Waals surface area contributed by atoms with Crippen LogP contribution in [-0.4, -0.2) is 42.9 Å². The van der Waals surface area contributed by atoms with E-state index in [4.69, 9.17) is 4.52 Å². The molecule has 3 heterocycles. The SMILES string of the molecule is Cc1noc([C@]23CCC[C@H]2CN(Cc2nn(C)c(=O)[nH]2)C3)n1. The second-order valence-corrected chi connectivity index (χ2v) is 6.56. The van der Waals surface area contributed by atoms with Gasteiger partial charge in [-0.05, 0) is 25.7 Å². The standard InChI is InChI=1S/C14H20N6O2/c1-9-15-12(22-18-9)14-5-3-4-10(14)6-20(8-14)7-11-16-13(21)19(2)17-11/h10H,3-8H2,1-2H3,(H,16,17,21)/t10-,14-/m0/s1. The zero-order chi connectivity index (χ0) is 15.3.